The van der Waals surface area contributed by atoms with E-state index < -0.39 is 11.8 Å². The van der Waals surface area contributed by atoms with Crippen molar-refractivity contribution in [2.75, 3.05) is 0 Å². The Kier molecular flexibility index (Phi) is 2.04. The minimum atomic E-state index is -1.48. The van der Waals surface area contributed by atoms with Crippen LogP contribution in [0.4, 0.5) is 0 Å². The number of Topliss-reactive ketones (excluding diaryl/α,β-unsaturated/α-hetero) is 1. The lowest BCUT2D eigenvalue weighted by Gasteiger charge is -1.96. The van der Waals surface area contributed by atoms with Gasteiger partial charge in [0.25, 0.3) is 5.78 Å². The number of rotatable bonds is 2. The van der Waals surface area contributed by atoms with Crippen LogP contribution in [-0.2, 0) is 4.79 Å². The molecule has 1 heterocycles. The van der Waals surface area contributed by atoms with E-state index in [2.05, 4.69) is 0 Å². The number of furan rings is 1. The van der Waals surface area contributed by atoms with Gasteiger partial charge in [0.1, 0.15) is 5.58 Å². The molecule has 0 spiro atoms. The number of benzene rings is 1. The molecule has 0 amide bonds. The number of carbonyl (C=O) groups is 2. The lowest BCUT2D eigenvalue weighted by Crippen LogP contribution is -2.12. The van der Waals surface area contributed by atoms with Crippen molar-refractivity contribution in [3.63, 3.8) is 0 Å². The van der Waals surface area contributed by atoms with E-state index in [0.717, 1.165) is 10.9 Å². The number of para-hydroxylation sites is 1. The molecule has 0 aliphatic carbocycles. The van der Waals surface area contributed by atoms with Crippen molar-refractivity contribution in [1.29, 1.82) is 0 Å². The van der Waals surface area contributed by atoms with Crippen LogP contribution in [0.3, 0.4) is 0 Å². The van der Waals surface area contributed by atoms with Crippen molar-refractivity contribution in [2.45, 2.75) is 6.92 Å². The molecule has 4 heteroatoms. The average molecular weight is 204 g/mol. The maximum Gasteiger partial charge on any atom is 0.377 e. The first-order valence-electron chi connectivity index (χ1n) is 4.35. The van der Waals surface area contributed by atoms with Crippen molar-refractivity contribution in [2.24, 2.45) is 0 Å². The number of carboxylic acid groups (broad SMARTS) is 1. The summed E-state index contributed by atoms with van der Waals surface area (Å²) < 4.78 is 5.17. The van der Waals surface area contributed by atoms with Gasteiger partial charge in [-0.05, 0) is 18.6 Å². The highest BCUT2D eigenvalue weighted by atomic mass is 16.4. The maximum atomic E-state index is 11.3. The topological polar surface area (TPSA) is 67.5 Å². The Labute approximate surface area is 85.1 Å². The summed E-state index contributed by atoms with van der Waals surface area (Å²) >= 11 is 0. The van der Waals surface area contributed by atoms with Crippen LogP contribution in [0.25, 0.3) is 11.0 Å². The summed E-state index contributed by atoms with van der Waals surface area (Å²) in [6.45, 7) is 1.83. The second kappa shape index (κ2) is 3.24. The van der Waals surface area contributed by atoms with Gasteiger partial charge in [-0.25, -0.2) is 4.79 Å². The molecule has 1 aromatic heterocycles. The van der Waals surface area contributed by atoms with Crippen LogP contribution in [0.5, 0.6) is 0 Å². The van der Waals surface area contributed by atoms with Gasteiger partial charge >= 0.3 is 5.97 Å². The van der Waals surface area contributed by atoms with Crippen molar-refractivity contribution < 1.29 is 19.1 Å². The highest BCUT2D eigenvalue weighted by Gasteiger charge is 2.19. The van der Waals surface area contributed by atoms with E-state index in [0.29, 0.717) is 5.58 Å². The molecular weight excluding hydrogens is 196 g/mol. The third kappa shape index (κ3) is 1.40. The van der Waals surface area contributed by atoms with E-state index >= 15 is 0 Å². The molecule has 76 valence electrons. The number of carboxylic acids is 1. The van der Waals surface area contributed by atoms with Gasteiger partial charge in [0.15, 0.2) is 0 Å². The predicted molar refractivity (Wildman–Crippen MR) is 52.9 cm³/mol. The maximum absolute atomic E-state index is 11.3. The number of hydrogen-bond donors (Lipinski definition) is 1. The first-order valence-corrected chi connectivity index (χ1v) is 4.35. The average Bonchev–Trinajstić information content (AvgIpc) is 2.59. The summed E-state index contributed by atoms with van der Waals surface area (Å²) in [5.74, 6) is -2.42. The summed E-state index contributed by atoms with van der Waals surface area (Å²) in [6, 6.07) is 4.87. The van der Waals surface area contributed by atoms with Crippen LogP contribution in [-0.4, -0.2) is 16.9 Å². The summed E-state index contributed by atoms with van der Waals surface area (Å²) in [7, 11) is 0. The minimum absolute atomic E-state index is 0.0908. The molecule has 0 radical (unpaired) electrons. The smallest absolute Gasteiger partial charge is 0.377 e. The summed E-state index contributed by atoms with van der Waals surface area (Å²) in [5.41, 5.74) is 1.31. The molecule has 4 nitrogen and oxygen atoms in total. The SMILES string of the molecule is Cc1coc2c(C(=O)C(=O)O)cccc12. The van der Waals surface area contributed by atoms with Crippen molar-refractivity contribution in [1.82, 2.24) is 0 Å². The van der Waals surface area contributed by atoms with Crippen molar-refractivity contribution >= 4 is 22.7 Å². The molecule has 1 aromatic carbocycles. The molecule has 1 N–H and O–H groups in total. The molecule has 0 saturated carbocycles. The van der Waals surface area contributed by atoms with Gasteiger partial charge in [0, 0.05) is 5.39 Å². The largest absolute Gasteiger partial charge is 0.475 e. The lowest BCUT2D eigenvalue weighted by molar-refractivity contribution is -0.131. The Balaban J connectivity index is 2.71. The highest BCUT2D eigenvalue weighted by molar-refractivity contribution is 6.41. The number of hydrogen-bond acceptors (Lipinski definition) is 3. The van der Waals surface area contributed by atoms with Gasteiger partial charge in [-0.2, -0.15) is 0 Å². The van der Waals surface area contributed by atoms with Crippen LogP contribution in [0.2, 0.25) is 0 Å². The molecule has 2 rings (SSSR count). The van der Waals surface area contributed by atoms with E-state index in [9.17, 15) is 9.59 Å². The number of ketones is 1. The fraction of sp³-hybridized carbons (Fsp3) is 0.0909. The lowest BCUT2D eigenvalue weighted by atomic mass is 10.1. The summed E-state index contributed by atoms with van der Waals surface area (Å²) in [5, 5.41) is 9.38. The molecule has 0 atom stereocenters. The van der Waals surface area contributed by atoms with Gasteiger partial charge in [0.2, 0.25) is 0 Å². The standard InChI is InChI=1S/C11H8O4/c1-6-5-15-10-7(6)3-2-4-8(10)9(12)11(13)14/h2-5H,1H3,(H,13,14). The first-order chi connectivity index (χ1) is 7.11. The second-order valence-corrected chi connectivity index (χ2v) is 3.24. The zero-order chi connectivity index (χ0) is 11.0. The van der Waals surface area contributed by atoms with Gasteiger partial charge < -0.3 is 9.52 Å². The molecule has 0 saturated heterocycles. The molecule has 0 fully saturated rings. The van der Waals surface area contributed by atoms with E-state index in [1.165, 1.54) is 12.3 Å². The van der Waals surface area contributed by atoms with E-state index in [4.69, 9.17) is 9.52 Å². The second-order valence-electron chi connectivity index (χ2n) is 3.24. The molecular formula is C11H8O4. The highest BCUT2D eigenvalue weighted by Crippen LogP contribution is 2.24. The fourth-order valence-electron chi connectivity index (χ4n) is 1.48. The summed E-state index contributed by atoms with van der Waals surface area (Å²) in [4.78, 5) is 21.9. The van der Waals surface area contributed by atoms with Crippen LogP contribution in [0.15, 0.2) is 28.9 Å². The predicted octanol–water partition coefficient (Wildman–Crippen LogP) is 2.01. The van der Waals surface area contributed by atoms with Gasteiger partial charge in [-0.3, -0.25) is 4.79 Å². The normalized spacial score (nSPS) is 10.5. The third-order valence-electron chi connectivity index (χ3n) is 2.23. The first kappa shape index (κ1) is 9.45. The monoisotopic (exact) mass is 204 g/mol. The molecule has 0 unspecified atom stereocenters. The van der Waals surface area contributed by atoms with Crippen LogP contribution >= 0.6 is 0 Å². The summed E-state index contributed by atoms with van der Waals surface area (Å²) in [6.07, 6.45) is 1.50. The molecule has 15 heavy (non-hydrogen) atoms. The molecule has 0 aliphatic rings. The van der Waals surface area contributed by atoms with Gasteiger partial charge in [-0.15, -0.1) is 0 Å². The van der Waals surface area contributed by atoms with Crippen LogP contribution in [0, 0.1) is 6.92 Å². The quantitative estimate of drug-likeness (QED) is 0.600. The zero-order valence-corrected chi connectivity index (χ0v) is 7.98. The fourth-order valence-corrected chi connectivity index (χ4v) is 1.48. The third-order valence-corrected chi connectivity index (χ3v) is 2.23. The van der Waals surface area contributed by atoms with Gasteiger partial charge in [-0.1, -0.05) is 12.1 Å². The number of aryl methyl sites for hydroxylation is 1. The van der Waals surface area contributed by atoms with Crippen LogP contribution < -0.4 is 0 Å². The Morgan fingerprint density at radius 2 is 2.07 bits per heavy atom. The Hall–Kier alpha value is -2.10. The van der Waals surface area contributed by atoms with Crippen molar-refractivity contribution in [3.8, 4) is 0 Å². The van der Waals surface area contributed by atoms with Gasteiger partial charge in [0.05, 0.1) is 11.8 Å². The Morgan fingerprint density at radius 3 is 2.73 bits per heavy atom. The number of aliphatic carboxylic acids is 1. The van der Waals surface area contributed by atoms with Crippen LogP contribution in [0.1, 0.15) is 15.9 Å². The van der Waals surface area contributed by atoms with E-state index in [1.807, 2.05) is 6.92 Å². The Bertz CT molecular complexity index is 551. The van der Waals surface area contributed by atoms with E-state index in [1.54, 1.807) is 12.1 Å². The van der Waals surface area contributed by atoms with Crippen molar-refractivity contribution in [3.05, 3.63) is 35.6 Å². The molecule has 0 aliphatic heterocycles. The zero-order valence-electron chi connectivity index (χ0n) is 7.98. The molecule has 0 bridgehead atoms. The van der Waals surface area contributed by atoms with E-state index in [-0.39, 0.29) is 5.56 Å². The minimum Gasteiger partial charge on any atom is -0.475 e. The Morgan fingerprint density at radius 1 is 1.33 bits per heavy atom. The molecule has 2 aromatic rings. The number of fused-ring (bicyclic) bond motifs is 1. The number of carbonyl (C=O) groups excluding carboxylic acids is 1.